The molecule has 0 aliphatic rings. The quantitative estimate of drug-likeness (QED) is 0.711. The van der Waals surface area contributed by atoms with Crippen molar-refractivity contribution in [1.29, 1.82) is 0 Å². The average molecular weight is 244 g/mol. The lowest BCUT2D eigenvalue weighted by Gasteiger charge is -2.09. The first-order chi connectivity index (χ1) is 7.58. The third-order valence-corrected chi connectivity index (χ3v) is 6.61. The van der Waals surface area contributed by atoms with E-state index in [0.29, 0.717) is 0 Å². The van der Waals surface area contributed by atoms with Gasteiger partial charge in [0.15, 0.2) is 0 Å². The molecule has 0 saturated carbocycles. The van der Waals surface area contributed by atoms with Gasteiger partial charge in [0.2, 0.25) is 0 Å². The standard InChI is InChI=1S/C14H20Si2/c1-15(2)13-7-5-12-10-14(16(3)4)8-6-11(12)9-13/h5-10,15-16H,1-4H3. The molecule has 0 aliphatic heterocycles. The van der Waals surface area contributed by atoms with Gasteiger partial charge in [-0.2, -0.15) is 0 Å². The molecular weight excluding hydrogens is 224 g/mol. The van der Waals surface area contributed by atoms with Crippen LogP contribution in [-0.4, -0.2) is 17.6 Å². The first kappa shape index (κ1) is 11.6. The third-order valence-electron chi connectivity index (χ3n) is 3.22. The van der Waals surface area contributed by atoms with Crippen LogP contribution >= 0.6 is 0 Å². The van der Waals surface area contributed by atoms with Crippen LogP contribution in [0.15, 0.2) is 36.4 Å². The summed E-state index contributed by atoms with van der Waals surface area (Å²) in [5, 5.41) is 5.97. The Morgan fingerprint density at radius 3 is 1.31 bits per heavy atom. The molecule has 2 rings (SSSR count). The summed E-state index contributed by atoms with van der Waals surface area (Å²) >= 11 is 0. The van der Waals surface area contributed by atoms with Crippen LogP contribution in [0.2, 0.25) is 26.2 Å². The second-order valence-electron chi connectivity index (χ2n) is 5.18. The maximum atomic E-state index is 2.39. The molecule has 16 heavy (non-hydrogen) atoms. The van der Waals surface area contributed by atoms with Crippen LogP contribution in [0.4, 0.5) is 0 Å². The van der Waals surface area contributed by atoms with E-state index in [1.54, 1.807) is 10.4 Å². The Balaban J connectivity index is 2.53. The number of hydrogen-bond acceptors (Lipinski definition) is 0. The molecule has 0 radical (unpaired) electrons. The van der Waals surface area contributed by atoms with Crippen LogP contribution in [0.1, 0.15) is 0 Å². The molecule has 0 spiro atoms. The Morgan fingerprint density at radius 2 is 1.00 bits per heavy atom. The van der Waals surface area contributed by atoms with E-state index in [0.717, 1.165) is 0 Å². The Kier molecular flexibility index (Phi) is 3.31. The molecule has 0 aliphatic carbocycles. The molecule has 0 amide bonds. The number of benzene rings is 2. The molecule has 0 aromatic heterocycles. The van der Waals surface area contributed by atoms with E-state index < -0.39 is 17.6 Å². The van der Waals surface area contributed by atoms with Gasteiger partial charge in [-0.15, -0.1) is 0 Å². The van der Waals surface area contributed by atoms with Gasteiger partial charge in [0.25, 0.3) is 0 Å². The molecule has 0 fully saturated rings. The van der Waals surface area contributed by atoms with Gasteiger partial charge in [-0.3, -0.25) is 0 Å². The monoisotopic (exact) mass is 244 g/mol. The fourth-order valence-electron chi connectivity index (χ4n) is 2.00. The van der Waals surface area contributed by atoms with Crippen molar-refractivity contribution in [3.63, 3.8) is 0 Å². The van der Waals surface area contributed by atoms with E-state index >= 15 is 0 Å². The van der Waals surface area contributed by atoms with E-state index in [1.165, 1.54) is 10.8 Å². The molecule has 0 saturated heterocycles. The molecule has 0 heterocycles. The lowest BCUT2D eigenvalue weighted by atomic mass is 10.1. The normalized spacial score (nSPS) is 11.6. The lowest BCUT2D eigenvalue weighted by Crippen LogP contribution is -2.23. The number of hydrogen-bond donors (Lipinski definition) is 0. The van der Waals surface area contributed by atoms with Crippen molar-refractivity contribution >= 4 is 38.7 Å². The van der Waals surface area contributed by atoms with Gasteiger partial charge < -0.3 is 0 Å². The van der Waals surface area contributed by atoms with Crippen LogP contribution in [0, 0.1) is 0 Å². The molecule has 2 aromatic carbocycles. The van der Waals surface area contributed by atoms with Crippen LogP contribution < -0.4 is 10.4 Å². The molecule has 0 atom stereocenters. The maximum absolute atomic E-state index is 2.39. The van der Waals surface area contributed by atoms with E-state index in [2.05, 4.69) is 62.6 Å². The predicted octanol–water partition coefficient (Wildman–Crippen LogP) is 2.23. The van der Waals surface area contributed by atoms with Gasteiger partial charge in [0.1, 0.15) is 0 Å². The van der Waals surface area contributed by atoms with Crippen molar-refractivity contribution in [2.45, 2.75) is 26.2 Å². The molecular formula is C14H20Si2. The average Bonchev–Trinajstić information content (AvgIpc) is 2.27. The molecule has 0 bridgehead atoms. The molecule has 84 valence electrons. The smallest absolute Gasteiger partial charge is 0.0647 e. The molecule has 2 aromatic rings. The fraction of sp³-hybridized carbons (Fsp3) is 0.286. The van der Waals surface area contributed by atoms with Crippen molar-refractivity contribution in [2.24, 2.45) is 0 Å². The number of rotatable bonds is 2. The minimum atomic E-state index is -0.660. The summed E-state index contributed by atoms with van der Waals surface area (Å²) in [6, 6.07) is 14.0. The highest BCUT2D eigenvalue weighted by Crippen LogP contribution is 2.11. The predicted molar refractivity (Wildman–Crippen MR) is 81.0 cm³/mol. The Hall–Kier alpha value is -0.866. The molecule has 0 nitrogen and oxygen atoms in total. The van der Waals surface area contributed by atoms with E-state index in [9.17, 15) is 0 Å². The second kappa shape index (κ2) is 4.56. The van der Waals surface area contributed by atoms with Crippen molar-refractivity contribution in [2.75, 3.05) is 0 Å². The zero-order chi connectivity index (χ0) is 11.7. The second-order valence-corrected chi connectivity index (χ2v) is 11.1. The van der Waals surface area contributed by atoms with Crippen LogP contribution in [0.25, 0.3) is 10.8 Å². The van der Waals surface area contributed by atoms with Crippen LogP contribution in [0.3, 0.4) is 0 Å². The lowest BCUT2D eigenvalue weighted by molar-refractivity contribution is 1.78. The minimum Gasteiger partial charge on any atom is -0.0682 e. The molecule has 2 heteroatoms. The van der Waals surface area contributed by atoms with E-state index in [-0.39, 0.29) is 0 Å². The van der Waals surface area contributed by atoms with Gasteiger partial charge in [-0.1, -0.05) is 73.0 Å². The largest absolute Gasteiger partial charge is 0.0682 e. The van der Waals surface area contributed by atoms with E-state index in [4.69, 9.17) is 0 Å². The Morgan fingerprint density at radius 1 is 0.625 bits per heavy atom. The topological polar surface area (TPSA) is 0 Å². The maximum Gasteiger partial charge on any atom is 0.0647 e. The van der Waals surface area contributed by atoms with Crippen molar-refractivity contribution < 1.29 is 0 Å². The van der Waals surface area contributed by atoms with Gasteiger partial charge in [-0.05, 0) is 10.8 Å². The summed E-state index contributed by atoms with van der Waals surface area (Å²) in [5.74, 6) is 0. The summed E-state index contributed by atoms with van der Waals surface area (Å²) < 4.78 is 0. The summed E-state index contributed by atoms with van der Waals surface area (Å²) in [7, 11) is -1.32. The highest BCUT2D eigenvalue weighted by Gasteiger charge is 2.04. The van der Waals surface area contributed by atoms with Crippen LogP contribution in [-0.2, 0) is 0 Å². The summed E-state index contributed by atoms with van der Waals surface area (Å²) in [5.41, 5.74) is 0. The van der Waals surface area contributed by atoms with Gasteiger partial charge in [-0.25, -0.2) is 0 Å². The molecule has 0 N–H and O–H groups in total. The fourth-order valence-corrected chi connectivity index (χ4v) is 3.99. The zero-order valence-electron chi connectivity index (χ0n) is 10.6. The van der Waals surface area contributed by atoms with Crippen molar-refractivity contribution in [3.05, 3.63) is 36.4 Å². The molecule has 0 unspecified atom stereocenters. The van der Waals surface area contributed by atoms with Crippen molar-refractivity contribution in [1.82, 2.24) is 0 Å². The first-order valence-electron chi connectivity index (χ1n) is 6.11. The Bertz CT molecular complexity index is 454. The minimum absolute atomic E-state index is 0.660. The van der Waals surface area contributed by atoms with Gasteiger partial charge in [0.05, 0.1) is 17.6 Å². The van der Waals surface area contributed by atoms with Gasteiger partial charge in [0, 0.05) is 0 Å². The zero-order valence-corrected chi connectivity index (χ0v) is 12.9. The summed E-state index contributed by atoms with van der Waals surface area (Å²) in [6.45, 7) is 9.54. The van der Waals surface area contributed by atoms with Gasteiger partial charge >= 0.3 is 0 Å². The van der Waals surface area contributed by atoms with Crippen LogP contribution in [0.5, 0.6) is 0 Å². The summed E-state index contributed by atoms with van der Waals surface area (Å²) in [6.07, 6.45) is 0. The van der Waals surface area contributed by atoms with E-state index in [1.807, 2.05) is 0 Å². The van der Waals surface area contributed by atoms with Crippen molar-refractivity contribution in [3.8, 4) is 0 Å². The SMILES string of the molecule is C[SiH](C)c1ccc2cc([SiH](C)C)ccc2c1. The highest BCUT2D eigenvalue weighted by molar-refractivity contribution is 6.71. The number of fused-ring (bicyclic) bond motifs is 1. The third kappa shape index (κ3) is 2.28. The Labute approximate surface area is 102 Å². The summed E-state index contributed by atoms with van der Waals surface area (Å²) in [4.78, 5) is 0. The highest BCUT2D eigenvalue weighted by atomic mass is 28.3. The first-order valence-corrected chi connectivity index (χ1v) is 11.9.